The first-order chi connectivity index (χ1) is 7.90. The molecule has 0 heterocycles. The van der Waals surface area contributed by atoms with Crippen LogP contribution in [0.15, 0.2) is 0 Å². The average Bonchev–Trinajstić information content (AvgIpc) is 2.38. The third kappa shape index (κ3) is 3.48. The van der Waals surface area contributed by atoms with Crippen LogP contribution in [-0.4, -0.2) is 12.7 Å². The van der Waals surface area contributed by atoms with E-state index in [1.807, 2.05) is 0 Å². The molecule has 2 aliphatic carbocycles. The van der Waals surface area contributed by atoms with Gasteiger partial charge in [0.15, 0.2) is 0 Å². The topological polar surface area (TPSA) is 9.23 Å². The zero-order chi connectivity index (χ0) is 11.2. The van der Waals surface area contributed by atoms with Crippen LogP contribution in [0.5, 0.6) is 0 Å². The summed E-state index contributed by atoms with van der Waals surface area (Å²) in [5, 5.41) is 0. The molecule has 0 aromatic carbocycles. The van der Waals surface area contributed by atoms with Crippen molar-refractivity contribution in [1.29, 1.82) is 0 Å². The molecule has 0 bridgehead atoms. The van der Waals surface area contributed by atoms with Crippen LogP contribution in [-0.2, 0) is 4.74 Å². The molecule has 0 atom stereocenters. The molecule has 0 unspecified atom stereocenters. The number of rotatable bonds is 4. The molecule has 94 valence electrons. The second-order valence-corrected chi connectivity index (χ2v) is 5.81. The fraction of sp³-hybridized carbons (Fsp3) is 1.00. The summed E-state index contributed by atoms with van der Waals surface area (Å²) >= 11 is 0. The molecule has 0 amide bonds. The van der Waals surface area contributed by atoms with Crippen LogP contribution in [0, 0.1) is 11.8 Å². The van der Waals surface area contributed by atoms with Gasteiger partial charge in [0.1, 0.15) is 0 Å². The number of hydrogen-bond donors (Lipinski definition) is 0. The van der Waals surface area contributed by atoms with E-state index < -0.39 is 0 Å². The molecular weight excluding hydrogens is 196 g/mol. The molecule has 0 aromatic heterocycles. The van der Waals surface area contributed by atoms with Crippen LogP contribution in [0.25, 0.3) is 0 Å². The predicted molar refractivity (Wildman–Crippen MR) is 68.6 cm³/mol. The average molecular weight is 224 g/mol. The lowest BCUT2D eigenvalue weighted by Gasteiger charge is -2.35. The van der Waals surface area contributed by atoms with Gasteiger partial charge >= 0.3 is 0 Å². The maximum atomic E-state index is 5.87. The third-order valence-corrected chi connectivity index (χ3v) is 4.59. The molecule has 0 aromatic rings. The SMILES string of the molecule is CCCOC1CCC(C2CCCCC2)CC1. The molecule has 0 radical (unpaired) electrons. The fourth-order valence-corrected chi connectivity index (χ4v) is 3.62. The van der Waals surface area contributed by atoms with Gasteiger partial charge in [-0.05, 0) is 43.9 Å². The Morgan fingerprint density at radius 2 is 1.44 bits per heavy atom. The van der Waals surface area contributed by atoms with E-state index in [4.69, 9.17) is 4.74 Å². The van der Waals surface area contributed by atoms with Crippen molar-refractivity contribution < 1.29 is 4.74 Å². The quantitative estimate of drug-likeness (QED) is 0.680. The molecular formula is C15H28O. The normalized spacial score (nSPS) is 32.8. The van der Waals surface area contributed by atoms with Crippen LogP contribution in [0.1, 0.15) is 71.1 Å². The molecule has 1 heteroatoms. The van der Waals surface area contributed by atoms with E-state index in [-0.39, 0.29) is 0 Å². The van der Waals surface area contributed by atoms with E-state index in [0.717, 1.165) is 18.4 Å². The Kier molecular flexibility index (Phi) is 5.15. The Morgan fingerprint density at radius 1 is 0.812 bits per heavy atom. The summed E-state index contributed by atoms with van der Waals surface area (Å²) < 4.78 is 5.87. The predicted octanol–water partition coefficient (Wildman–Crippen LogP) is 4.55. The minimum absolute atomic E-state index is 0.597. The molecule has 2 rings (SSSR count). The Morgan fingerprint density at radius 3 is 2.06 bits per heavy atom. The highest BCUT2D eigenvalue weighted by atomic mass is 16.5. The standard InChI is InChI=1S/C15H28O/c1-2-12-16-15-10-8-14(9-11-15)13-6-4-3-5-7-13/h13-15H,2-12H2,1H3. The summed E-state index contributed by atoms with van der Waals surface area (Å²) in [5.41, 5.74) is 0. The Labute approximate surface area is 101 Å². The van der Waals surface area contributed by atoms with Crippen LogP contribution < -0.4 is 0 Å². The van der Waals surface area contributed by atoms with Crippen molar-refractivity contribution in [1.82, 2.24) is 0 Å². The molecule has 0 aliphatic heterocycles. The van der Waals surface area contributed by atoms with E-state index in [0.29, 0.717) is 6.10 Å². The van der Waals surface area contributed by atoms with Gasteiger partial charge in [-0.25, -0.2) is 0 Å². The summed E-state index contributed by atoms with van der Waals surface area (Å²) in [5.74, 6) is 2.11. The molecule has 0 saturated heterocycles. The molecule has 0 N–H and O–H groups in total. The van der Waals surface area contributed by atoms with Crippen LogP contribution in [0.2, 0.25) is 0 Å². The summed E-state index contributed by atoms with van der Waals surface area (Å²) in [7, 11) is 0. The van der Waals surface area contributed by atoms with E-state index in [9.17, 15) is 0 Å². The highest BCUT2D eigenvalue weighted by molar-refractivity contribution is 4.80. The van der Waals surface area contributed by atoms with Gasteiger partial charge < -0.3 is 4.74 Å². The second-order valence-electron chi connectivity index (χ2n) is 5.81. The van der Waals surface area contributed by atoms with E-state index in [2.05, 4.69) is 6.92 Å². The van der Waals surface area contributed by atoms with Crippen molar-refractivity contribution in [2.24, 2.45) is 11.8 Å². The first kappa shape index (κ1) is 12.4. The maximum Gasteiger partial charge on any atom is 0.0575 e. The molecule has 2 saturated carbocycles. The van der Waals surface area contributed by atoms with Gasteiger partial charge in [0.05, 0.1) is 6.10 Å². The van der Waals surface area contributed by atoms with E-state index in [1.165, 1.54) is 64.2 Å². The smallest absolute Gasteiger partial charge is 0.0575 e. The summed E-state index contributed by atoms with van der Waals surface area (Å²) in [6, 6.07) is 0. The van der Waals surface area contributed by atoms with Gasteiger partial charge in [0, 0.05) is 6.61 Å². The number of ether oxygens (including phenoxy) is 1. The van der Waals surface area contributed by atoms with Crippen LogP contribution in [0.3, 0.4) is 0 Å². The minimum Gasteiger partial charge on any atom is -0.378 e. The van der Waals surface area contributed by atoms with Gasteiger partial charge in [-0.1, -0.05) is 39.0 Å². The summed E-state index contributed by atoms with van der Waals surface area (Å²) in [6.45, 7) is 3.17. The minimum atomic E-state index is 0.597. The molecule has 16 heavy (non-hydrogen) atoms. The number of hydrogen-bond acceptors (Lipinski definition) is 1. The summed E-state index contributed by atoms with van der Waals surface area (Å²) in [4.78, 5) is 0. The lowest BCUT2D eigenvalue weighted by atomic mass is 9.73. The monoisotopic (exact) mass is 224 g/mol. The van der Waals surface area contributed by atoms with E-state index >= 15 is 0 Å². The van der Waals surface area contributed by atoms with Crippen molar-refractivity contribution in [3.8, 4) is 0 Å². The summed E-state index contributed by atoms with van der Waals surface area (Å²) in [6.07, 6.45) is 14.8. The van der Waals surface area contributed by atoms with Gasteiger partial charge in [-0.3, -0.25) is 0 Å². The maximum absolute atomic E-state index is 5.87. The third-order valence-electron chi connectivity index (χ3n) is 4.59. The van der Waals surface area contributed by atoms with Gasteiger partial charge in [0.25, 0.3) is 0 Å². The molecule has 2 fully saturated rings. The zero-order valence-corrected chi connectivity index (χ0v) is 10.9. The largest absolute Gasteiger partial charge is 0.378 e. The lowest BCUT2D eigenvalue weighted by molar-refractivity contribution is 0.00873. The first-order valence-electron chi connectivity index (χ1n) is 7.51. The van der Waals surface area contributed by atoms with Crippen molar-refractivity contribution in [3.63, 3.8) is 0 Å². The van der Waals surface area contributed by atoms with Crippen LogP contribution in [0.4, 0.5) is 0 Å². The van der Waals surface area contributed by atoms with Gasteiger partial charge in [-0.2, -0.15) is 0 Å². The van der Waals surface area contributed by atoms with Crippen LogP contribution >= 0.6 is 0 Å². The second kappa shape index (κ2) is 6.64. The van der Waals surface area contributed by atoms with Gasteiger partial charge in [-0.15, -0.1) is 0 Å². The molecule has 2 aliphatic rings. The Bertz CT molecular complexity index is 176. The van der Waals surface area contributed by atoms with Crippen molar-refractivity contribution in [3.05, 3.63) is 0 Å². The Balaban J connectivity index is 1.67. The van der Waals surface area contributed by atoms with Crippen molar-refractivity contribution >= 4 is 0 Å². The lowest BCUT2D eigenvalue weighted by Crippen LogP contribution is -2.27. The molecule has 0 spiro atoms. The van der Waals surface area contributed by atoms with Crippen molar-refractivity contribution in [2.45, 2.75) is 77.2 Å². The highest BCUT2D eigenvalue weighted by Gasteiger charge is 2.28. The zero-order valence-electron chi connectivity index (χ0n) is 10.9. The van der Waals surface area contributed by atoms with Crippen molar-refractivity contribution in [2.75, 3.05) is 6.61 Å². The van der Waals surface area contributed by atoms with Gasteiger partial charge in [0.2, 0.25) is 0 Å². The van der Waals surface area contributed by atoms with E-state index in [1.54, 1.807) is 0 Å². The Hall–Kier alpha value is -0.0400. The highest BCUT2D eigenvalue weighted by Crippen LogP contribution is 2.38. The molecule has 1 nitrogen and oxygen atoms in total. The first-order valence-corrected chi connectivity index (χ1v) is 7.51. The fourth-order valence-electron chi connectivity index (χ4n) is 3.62.